The fourth-order valence-electron chi connectivity index (χ4n) is 1.99. The van der Waals surface area contributed by atoms with Gasteiger partial charge >= 0.3 is 0 Å². The molecular weight excluding hydrogens is 296 g/mol. The molecule has 1 aliphatic rings. The van der Waals surface area contributed by atoms with E-state index in [1.807, 2.05) is 37.3 Å². The first-order valence-electron chi connectivity index (χ1n) is 7.59. The van der Waals surface area contributed by atoms with Crippen molar-refractivity contribution >= 4 is 28.9 Å². The van der Waals surface area contributed by atoms with Gasteiger partial charge in [0.15, 0.2) is 5.17 Å². The smallest absolute Gasteiger partial charge is 0.278 e. The lowest BCUT2D eigenvalue weighted by Crippen LogP contribution is -2.25. The maximum Gasteiger partial charge on any atom is 0.278 e. The summed E-state index contributed by atoms with van der Waals surface area (Å²) < 4.78 is 5.63. The molecule has 0 N–H and O–H groups in total. The summed E-state index contributed by atoms with van der Waals surface area (Å²) in [4.78, 5) is 18.1. The van der Waals surface area contributed by atoms with E-state index in [0.29, 0.717) is 5.70 Å². The molecule has 1 heterocycles. The molecule has 4 nitrogen and oxygen atoms in total. The van der Waals surface area contributed by atoms with Crippen LogP contribution in [0.25, 0.3) is 6.08 Å². The third-order valence-electron chi connectivity index (χ3n) is 3.25. The summed E-state index contributed by atoms with van der Waals surface area (Å²) in [7, 11) is 1.76. The Morgan fingerprint density at radius 1 is 1.27 bits per heavy atom. The molecule has 5 heteroatoms. The number of thioether (sulfide) groups is 1. The van der Waals surface area contributed by atoms with E-state index in [9.17, 15) is 4.79 Å². The van der Waals surface area contributed by atoms with E-state index in [4.69, 9.17) is 4.74 Å². The second kappa shape index (κ2) is 8.03. The Kier molecular flexibility index (Phi) is 6.07. The zero-order valence-electron chi connectivity index (χ0n) is 13.3. The molecule has 0 bridgehead atoms. The van der Waals surface area contributed by atoms with E-state index in [0.717, 1.165) is 41.7 Å². The van der Waals surface area contributed by atoms with E-state index in [1.54, 1.807) is 23.7 Å². The molecule has 0 saturated heterocycles. The summed E-state index contributed by atoms with van der Waals surface area (Å²) >= 11 is 1.57. The highest BCUT2D eigenvalue weighted by Crippen LogP contribution is 2.23. The fourth-order valence-corrected chi connectivity index (χ4v) is 2.69. The van der Waals surface area contributed by atoms with E-state index in [2.05, 4.69) is 11.9 Å². The number of unbranched alkanes of at least 4 members (excludes halogenated alkanes) is 1. The molecule has 0 unspecified atom stereocenters. The van der Waals surface area contributed by atoms with Crippen LogP contribution in [0, 0.1) is 0 Å². The third kappa shape index (κ3) is 4.13. The SMILES string of the molecule is CCCCOc1ccc(/C=C2\N=C(SCC)N(C)C2=O)cc1. The Balaban J connectivity index is 2.07. The molecule has 0 aliphatic carbocycles. The van der Waals surface area contributed by atoms with Crippen LogP contribution in [0.15, 0.2) is 35.0 Å². The van der Waals surface area contributed by atoms with Gasteiger partial charge in [-0.05, 0) is 35.9 Å². The van der Waals surface area contributed by atoms with Crippen molar-refractivity contribution in [3.63, 3.8) is 0 Å². The number of carbonyl (C=O) groups excluding carboxylic acids is 1. The lowest BCUT2D eigenvalue weighted by molar-refractivity contribution is -0.121. The summed E-state index contributed by atoms with van der Waals surface area (Å²) in [6.45, 7) is 4.92. The van der Waals surface area contributed by atoms with Gasteiger partial charge in [-0.25, -0.2) is 4.99 Å². The summed E-state index contributed by atoms with van der Waals surface area (Å²) in [6, 6.07) is 7.75. The third-order valence-corrected chi connectivity index (χ3v) is 4.16. The maximum absolute atomic E-state index is 12.1. The van der Waals surface area contributed by atoms with E-state index >= 15 is 0 Å². The van der Waals surface area contributed by atoms with Crippen molar-refractivity contribution < 1.29 is 9.53 Å². The predicted octanol–water partition coefficient (Wildman–Crippen LogP) is 3.79. The zero-order valence-corrected chi connectivity index (χ0v) is 14.2. The van der Waals surface area contributed by atoms with Crippen LogP contribution in [0.2, 0.25) is 0 Å². The lowest BCUT2D eigenvalue weighted by Gasteiger charge is -2.09. The molecule has 0 saturated carbocycles. The van der Waals surface area contributed by atoms with E-state index in [-0.39, 0.29) is 5.91 Å². The highest BCUT2D eigenvalue weighted by molar-refractivity contribution is 8.13. The summed E-state index contributed by atoms with van der Waals surface area (Å²) in [5.41, 5.74) is 1.43. The summed E-state index contributed by atoms with van der Waals surface area (Å²) in [5, 5.41) is 0.762. The molecule has 0 atom stereocenters. The van der Waals surface area contributed by atoms with Gasteiger partial charge in [0.1, 0.15) is 11.4 Å². The molecule has 0 spiro atoms. The van der Waals surface area contributed by atoms with Crippen molar-refractivity contribution in [2.24, 2.45) is 4.99 Å². The average Bonchev–Trinajstić information content (AvgIpc) is 2.78. The molecule has 0 radical (unpaired) electrons. The van der Waals surface area contributed by atoms with Gasteiger partial charge in [-0.1, -0.05) is 44.2 Å². The zero-order chi connectivity index (χ0) is 15.9. The van der Waals surface area contributed by atoms with Gasteiger partial charge in [-0.15, -0.1) is 0 Å². The van der Waals surface area contributed by atoms with Crippen LogP contribution in [0.1, 0.15) is 32.3 Å². The number of amides is 1. The standard InChI is InChI=1S/C17H22N2O2S/c1-4-6-11-21-14-9-7-13(8-10-14)12-15-16(20)19(3)17(18-15)22-5-2/h7-10,12H,4-6,11H2,1-3H3/b15-12-. The van der Waals surface area contributed by atoms with E-state index in [1.165, 1.54) is 0 Å². The minimum absolute atomic E-state index is 0.0563. The van der Waals surface area contributed by atoms with Crippen LogP contribution in [0.5, 0.6) is 5.75 Å². The van der Waals surface area contributed by atoms with Crippen molar-refractivity contribution in [1.82, 2.24) is 4.90 Å². The predicted molar refractivity (Wildman–Crippen MR) is 93.2 cm³/mol. The van der Waals surface area contributed by atoms with Gasteiger partial charge in [-0.3, -0.25) is 9.69 Å². The number of hydrogen-bond acceptors (Lipinski definition) is 4. The van der Waals surface area contributed by atoms with Gasteiger partial charge in [0.25, 0.3) is 5.91 Å². The second-order valence-corrected chi connectivity index (χ2v) is 6.22. The first-order chi connectivity index (χ1) is 10.7. The number of aliphatic imine (C=N–C) groups is 1. The molecule has 118 valence electrons. The second-order valence-electron chi connectivity index (χ2n) is 4.99. The quantitative estimate of drug-likeness (QED) is 0.592. The Hall–Kier alpha value is -1.75. The van der Waals surface area contributed by atoms with Crippen molar-refractivity contribution in [3.05, 3.63) is 35.5 Å². The molecule has 1 aliphatic heterocycles. The maximum atomic E-state index is 12.1. The molecule has 2 rings (SSSR count). The lowest BCUT2D eigenvalue weighted by atomic mass is 10.2. The first kappa shape index (κ1) is 16.6. The number of likely N-dealkylation sites (N-methyl/N-ethyl adjacent to an activating group) is 1. The van der Waals surface area contributed by atoms with Gasteiger partial charge in [0.05, 0.1) is 6.61 Å². The van der Waals surface area contributed by atoms with Gasteiger partial charge < -0.3 is 4.74 Å². The Bertz CT molecular complexity index is 579. The van der Waals surface area contributed by atoms with Gasteiger partial charge in [0.2, 0.25) is 0 Å². The normalized spacial score (nSPS) is 16.3. The van der Waals surface area contributed by atoms with Crippen LogP contribution in [-0.4, -0.2) is 35.4 Å². The van der Waals surface area contributed by atoms with Crippen molar-refractivity contribution in [2.45, 2.75) is 26.7 Å². The van der Waals surface area contributed by atoms with Crippen molar-refractivity contribution in [3.8, 4) is 5.75 Å². The summed E-state index contributed by atoms with van der Waals surface area (Å²) in [6.07, 6.45) is 3.99. The molecule has 0 aromatic heterocycles. The average molecular weight is 318 g/mol. The van der Waals surface area contributed by atoms with Crippen LogP contribution in [0.4, 0.5) is 0 Å². The largest absolute Gasteiger partial charge is 0.494 e. The monoisotopic (exact) mass is 318 g/mol. The van der Waals surface area contributed by atoms with Crippen molar-refractivity contribution in [2.75, 3.05) is 19.4 Å². The highest BCUT2D eigenvalue weighted by atomic mass is 32.2. The number of benzene rings is 1. The van der Waals surface area contributed by atoms with Crippen LogP contribution in [-0.2, 0) is 4.79 Å². The minimum atomic E-state index is -0.0563. The number of carbonyl (C=O) groups is 1. The number of amidine groups is 1. The molecule has 0 fully saturated rings. The Morgan fingerprint density at radius 3 is 2.64 bits per heavy atom. The Labute approximate surface area is 136 Å². The topological polar surface area (TPSA) is 41.9 Å². The highest BCUT2D eigenvalue weighted by Gasteiger charge is 2.26. The molecule has 1 amide bonds. The Morgan fingerprint density at radius 2 is 2.00 bits per heavy atom. The van der Waals surface area contributed by atoms with Crippen molar-refractivity contribution in [1.29, 1.82) is 0 Å². The number of rotatable bonds is 6. The molecule has 1 aromatic carbocycles. The number of hydrogen-bond donors (Lipinski definition) is 0. The minimum Gasteiger partial charge on any atom is -0.494 e. The summed E-state index contributed by atoms with van der Waals surface area (Å²) in [5.74, 6) is 1.70. The van der Waals surface area contributed by atoms with Gasteiger partial charge in [0, 0.05) is 7.05 Å². The molecule has 1 aromatic rings. The number of nitrogens with zero attached hydrogens (tertiary/aromatic N) is 2. The number of ether oxygens (including phenoxy) is 1. The van der Waals surface area contributed by atoms with Crippen LogP contribution < -0.4 is 4.74 Å². The first-order valence-corrected chi connectivity index (χ1v) is 8.58. The van der Waals surface area contributed by atoms with Crippen LogP contribution in [0.3, 0.4) is 0 Å². The molecular formula is C17H22N2O2S. The van der Waals surface area contributed by atoms with Crippen LogP contribution >= 0.6 is 11.8 Å². The van der Waals surface area contributed by atoms with E-state index < -0.39 is 0 Å². The van der Waals surface area contributed by atoms with Gasteiger partial charge in [-0.2, -0.15) is 0 Å². The molecule has 22 heavy (non-hydrogen) atoms. The fraction of sp³-hybridized carbons (Fsp3) is 0.412.